The van der Waals surface area contributed by atoms with Crippen molar-refractivity contribution in [2.75, 3.05) is 0 Å². The fourth-order valence-corrected chi connectivity index (χ4v) is 2.16. The minimum Gasteiger partial charge on any atom is -0.252 e. The van der Waals surface area contributed by atoms with Gasteiger partial charge in [0, 0.05) is 29.6 Å². The third kappa shape index (κ3) is 3.04. The number of aryl methyl sites for hydroxylation is 1. The average Bonchev–Trinajstić information content (AvgIpc) is 3.30. The van der Waals surface area contributed by atoms with Gasteiger partial charge in [-0.1, -0.05) is 6.92 Å². The highest BCUT2D eigenvalue weighted by molar-refractivity contribution is 5.58. The molecule has 0 atom stereocenters. The van der Waals surface area contributed by atoms with Crippen LogP contribution in [0.15, 0.2) is 24.5 Å². The summed E-state index contributed by atoms with van der Waals surface area (Å²) < 4.78 is 37.4. The minimum absolute atomic E-state index is 0.491. The summed E-state index contributed by atoms with van der Waals surface area (Å²) in [7, 11) is 0. The van der Waals surface area contributed by atoms with Crippen molar-refractivity contribution in [3.05, 3.63) is 41.6 Å². The van der Waals surface area contributed by atoms with Crippen LogP contribution in [0.4, 0.5) is 13.2 Å². The van der Waals surface area contributed by atoms with Gasteiger partial charge in [0.05, 0.1) is 5.69 Å². The standard InChI is InChI=1S/C15H14F3N3/c1-2-9-5-12(10-3-4-10)21-13(6-9)11-7-19-14(20-8-11)15(16,17)18/h5-8,10H,2-4H2,1H3. The summed E-state index contributed by atoms with van der Waals surface area (Å²) in [5.74, 6) is -0.633. The average molecular weight is 293 g/mol. The highest BCUT2D eigenvalue weighted by atomic mass is 19.4. The molecule has 0 saturated heterocycles. The maximum atomic E-state index is 12.5. The highest BCUT2D eigenvalue weighted by Gasteiger charge is 2.34. The quantitative estimate of drug-likeness (QED) is 0.858. The van der Waals surface area contributed by atoms with Crippen molar-refractivity contribution < 1.29 is 13.2 Å². The van der Waals surface area contributed by atoms with Crippen molar-refractivity contribution in [2.24, 2.45) is 0 Å². The molecule has 3 nitrogen and oxygen atoms in total. The lowest BCUT2D eigenvalue weighted by molar-refractivity contribution is -0.144. The third-order valence-corrected chi connectivity index (χ3v) is 3.51. The predicted molar refractivity (Wildman–Crippen MR) is 71.6 cm³/mol. The lowest BCUT2D eigenvalue weighted by Gasteiger charge is -2.08. The number of aromatic nitrogens is 3. The zero-order valence-electron chi connectivity index (χ0n) is 11.5. The first-order chi connectivity index (χ1) is 9.97. The summed E-state index contributed by atoms with van der Waals surface area (Å²) in [5.41, 5.74) is 3.30. The molecule has 0 bridgehead atoms. The van der Waals surface area contributed by atoms with Gasteiger partial charge >= 0.3 is 6.18 Å². The molecular weight excluding hydrogens is 279 g/mol. The molecule has 3 rings (SSSR count). The Morgan fingerprint density at radius 3 is 2.33 bits per heavy atom. The van der Waals surface area contributed by atoms with Gasteiger partial charge in [0.15, 0.2) is 0 Å². The van der Waals surface area contributed by atoms with E-state index in [-0.39, 0.29) is 0 Å². The molecule has 0 aliphatic heterocycles. The molecule has 1 fully saturated rings. The summed E-state index contributed by atoms with van der Waals surface area (Å²) in [5, 5.41) is 0. The molecule has 1 saturated carbocycles. The van der Waals surface area contributed by atoms with Gasteiger partial charge in [0.25, 0.3) is 0 Å². The smallest absolute Gasteiger partial charge is 0.252 e. The number of alkyl halides is 3. The number of halogens is 3. The van der Waals surface area contributed by atoms with Crippen molar-refractivity contribution in [3.8, 4) is 11.3 Å². The summed E-state index contributed by atoms with van der Waals surface area (Å²) in [6.45, 7) is 2.04. The van der Waals surface area contributed by atoms with Crippen LogP contribution in [-0.4, -0.2) is 15.0 Å². The molecule has 110 valence electrons. The Labute approximate surface area is 120 Å². The molecule has 1 aliphatic carbocycles. The maximum Gasteiger partial charge on any atom is 0.451 e. The highest BCUT2D eigenvalue weighted by Crippen LogP contribution is 2.40. The summed E-state index contributed by atoms with van der Waals surface area (Å²) in [6.07, 6.45) is 0.974. The fraction of sp³-hybridized carbons (Fsp3) is 0.400. The van der Waals surface area contributed by atoms with E-state index in [4.69, 9.17) is 0 Å². The van der Waals surface area contributed by atoms with E-state index in [2.05, 4.69) is 21.0 Å². The third-order valence-electron chi connectivity index (χ3n) is 3.51. The second-order valence-electron chi connectivity index (χ2n) is 5.21. The monoisotopic (exact) mass is 293 g/mol. The number of hydrogen-bond donors (Lipinski definition) is 0. The van der Waals surface area contributed by atoms with E-state index in [1.54, 1.807) is 0 Å². The summed E-state index contributed by atoms with van der Waals surface area (Å²) >= 11 is 0. The van der Waals surface area contributed by atoms with Crippen molar-refractivity contribution in [3.63, 3.8) is 0 Å². The van der Waals surface area contributed by atoms with Crippen molar-refractivity contribution >= 4 is 0 Å². The van der Waals surface area contributed by atoms with E-state index < -0.39 is 12.0 Å². The second kappa shape index (κ2) is 5.09. The number of rotatable bonds is 3. The molecule has 6 heteroatoms. The van der Waals surface area contributed by atoms with Gasteiger partial charge in [-0.15, -0.1) is 0 Å². The van der Waals surface area contributed by atoms with Gasteiger partial charge in [-0.3, -0.25) is 4.98 Å². The van der Waals surface area contributed by atoms with Crippen LogP contribution in [0, 0.1) is 0 Å². The molecular formula is C15H14F3N3. The van der Waals surface area contributed by atoms with Crippen LogP contribution in [0.25, 0.3) is 11.3 Å². The molecule has 0 unspecified atom stereocenters. The van der Waals surface area contributed by atoms with Crippen LogP contribution >= 0.6 is 0 Å². The molecule has 1 aliphatic rings. The normalized spacial score (nSPS) is 15.2. The number of hydrogen-bond acceptors (Lipinski definition) is 3. The Bertz CT molecular complexity index is 646. The predicted octanol–water partition coefficient (Wildman–Crippen LogP) is 4.00. The Morgan fingerprint density at radius 1 is 1.14 bits per heavy atom. The first-order valence-corrected chi connectivity index (χ1v) is 6.88. The van der Waals surface area contributed by atoms with Crippen molar-refractivity contribution in [2.45, 2.75) is 38.3 Å². The van der Waals surface area contributed by atoms with Crippen LogP contribution in [-0.2, 0) is 12.6 Å². The van der Waals surface area contributed by atoms with Crippen LogP contribution < -0.4 is 0 Å². The first-order valence-electron chi connectivity index (χ1n) is 6.88. The van der Waals surface area contributed by atoms with Gasteiger partial charge < -0.3 is 0 Å². The van der Waals surface area contributed by atoms with Crippen LogP contribution in [0.2, 0.25) is 0 Å². The number of pyridine rings is 1. The molecule has 2 heterocycles. The zero-order chi connectivity index (χ0) is 15.0. The molecule has 0 spiro atoms. The van der Waals surface area contributed by atoms with E-state index in [0.717, 1.165) is 30.5 Å². The van der Waals surface area contributed by atoms with Crippen molar-refractivity contribution in [1.29, 1.82) is 0 Å². The van der Waals surface area contributed by atoms with E-state index in [9.17, 15) is 13.2 Å². The lowest BCUT2D eigenvalue weighted by Crippen LogP contribution is -2.10. The summed E-state index contributed by atoms with van der Waals surface area (Å²) in [4.78, 5) is 11.3. The van der Waals surface area contributed by atoms with Crippen molar-refractivity contribution in [1.82, 2.24) is 15.0 Å². The first kappa shape index (κ1) is 14.0. The molecule has 21 heavy (non-hydrogen) atoms. The Balaban J connectivity index is 1.97. The van der Waals surface area contributed by atoms with Gasteiger partial charge in [-0.05, 0) is 37.0 Å². The molecule has 0 radical (unpaired) electrons. The Morgan fingerprint density at radius 2 is 1.81 bits per heavy atom. The fourth-order valence-electron chi connectivity index (χ4n) is 2.16. The molecule has 0 N–H and O–H groups in total. The van der Waals surface area contributed by atoms with Crippen LogP contribution in [0.5, 0.6) is 0 Å². The SMILES string of the molecule is CCc1cc(-c2cnc(C(F)(F)F)nc2)nc(C2CC2)c1. The summed E-state index contributed by atoms with van der Waals surface area (Å²) in [6, 6.07) is 3.96. The molecule has 2 aromatic rings. The molecule has 0 aromatic carbocycles. The minimum atomic E-state index is -4.52. The van der Waals surface area contributed by atoms with Crippen LogP contribution in [0.3, 0.4) is 0 Å². The van der Waals surface area contributed by atoms with Gasteiger partial charge in [-0.25, -0.2) is 9.97 Å². The zero-order valence-corrected chi connectivity index (χ0v) is 11.5. The molecule has 0 amide bonds. The number of nitrogens with zero attached hydrogens (tertiary/aromatic N) is 3. The largest absolute Gasteiger partial charge is 0.451 e. The second-order valence-corrected chi connectivity index (χ2v) is 5.21. The Kier molecular flexibility index (Phi) is 3.39. The van der Waals surface area contributed by atoms with E-state index in [1.807, 2.05) is 13.0 Å². The topological polar surface area (TPSA) is 38.7 Å². The van der Waals surface area contributed by atoms with Gasteiger partial charge in [-0.2, -0.15) is 13.2 Å². The van der Waals surface area contributed by atoms with Crippen LogP contribution in [0.1, 0.15) is 42.8 Å². The van der Waals surface area contributed by atoms with E-state index >= 15 is 0 Å². The Hall–Kier alpha value is -1.98. The van der Waals surface area contributed by atoms with Gasteiger partial charge in [0.2, 0.25) is 5.82 Å². The lowest BCUT2D eigenvalue weighted by atomic mass is 10.1. The maximum absolute atomic E-state index is 12.5. The van der Waals surface area contributed by atoms with Gasteiger partial charge in [0.1, 0.15) is 0 Å². The van der Waals surface area contributed by atoms with E-state index in [0.29, 0.717) is 17.2 Å². The molecule has 2 aromatic heterocycles. The van der Waals surface area contributed by atoms with E-state index in [1.165, 1.54) is 12.4 Å².